The Hall–Kier alpha value is -1.60. The fourth-order valence-electron chi connectivity index (χ4n) is 2.93. The minimum atomic E-state index is -0.614. The number of benzene rings is 1. The van der Waals surface area contributed by atoms with Gasteiger partial charge in [0.05, 0.1) is 16.2 Å². The van der Waals surface area contributed by atoms with Gasteiger partial charge < -0.3 is 0 Å². The second-order valence-electron chi connectivity index (χ2n) is 5.24. The first-order valence-electron chi connectivity index (χ1n) is 6.80. The van der Waals surface area contributed by atoms with Crippen LogP contribution in [0.25, 0.3) is 10.1 Å². The summed E-state index contributed by atoms with van der Waals surface area (Å²) in [6, 6.07) is 10.1. The van der Waals surface area contributed by atoms with Crippen molar-refractivity contribution in [2.24, 2.45) is 0 Å². The lowest BCUT2D eigenvalue weighted by atomic mass is 9.92. The van der Waals surface area contributed by atoms with Gasteiger partial charge in [0.25, 0.3) is 5.56 Å². The second-order valence-corrected chi connectivity index (χ2v) is 6.23. The van der Waals surface area contributed by atoms with Gasteiger partial charge in [-0.15, -0.1) is 0 Å². The van der Waals surface area contributed by atoms with E-state index in [0.717, 1.165) is 35.8 Å². The van der Waals surface area contributed by atoms with E-state index in [9.17, 15) is 10.1 Å². The Morgan fingerprint density at radius 3 is 2.47 bits per heavy atom. The Labute approximate surface area is 116 Å². The smallest absolute Gasteiger partial charge is 0.268 e. The summed E-state index contributed by atoms with van der Waals surface area (Å²) in [5, 5.41) is 10.4. The monoisotopic (exact) mass is 272 g/mol. The van der Waals surface area contributed by atoms with Gasteiger partial charge in [-0.1, -0.05) is 36.5 Å². The molecule has 0 aliphatic heterocycles. The van der Waals surface area contributed by atoms with Crippen LogP contribution in [0.15, 0.2) is 29.1 Å². The van der Waals surface area contributed by atoms with Crippen molar-refractivity contribution in [1.82, 2.24) is 3.96 Å². The molecule has 1 aliphatic rings. The van der Waals surface area contributed by atoms with E-state index in [1.165, 1.54) is 24.4 Å². The summed E-state index contributed by atoms with van der Waals surface area (Å²) in [5.74, 6) is 0. The van der Waals surface area contributed by atoms with E-state index in [4.69, 9.17) is 0 Å². The molecular formula is C15H16N2OS. The van der Waals surface area contributed by atoms with E-state index < -0.39 is 5.54 Å². The fraction of sp³-hybridized carbons (Fsp3) is 0.467. The molecule has 4 heteroatoms. The summed E-state index contributed by atoms with van der Waals surface area (Å²) in [4.78, 5) is 12.5. The minimum Gasteiger partial charge on any atom is -0.268 e. The van der Waals surface area contributed by atoms with Gasteiger partial charge in [-0.05, 0) is 37.8 Å². The summed E-state index contributed by atoms with van der Waals surface area (Å²) < 4.78 is 2.72. The van der Waals surface area contributed by atoms with E-state index >= 15 is 0 Å². The SMILES string of the molecule is N#CC1(n2sc3ccccc3c2=O)CCCCCC1. The Morgan fingerprint density at radius 1 is 1.16 bits per heavy atom. The maximum Gasteiger partial charge on any atom is 0.270 e. The van der Waals surface area contributed by atoms with Crippen LogP contribution < -0.4 is 5.56 Å². The highest BCUT2D eigenvalue weighted by Crippen LogP contribution is 2.35. The van der Waals surface area contributed by atoms with Gasteiger partial charge in [-0.25, -0.2) is 3.96 Å². The van der Waals surface area contributed by atoms with Crippen molar-refractivity contribution in [2.45, 2.75) is 44.1 Å². The minimum absolute atomic E-state index is 0.00375. The zero-order valence-electron chi connectivity index (χ0n) is 10.8. The highest BCUT2D eigenvalue weighted by atomic mass is 32.1. The van der Waals surface area contributed by atoms with Crippen LogP contribution in [0.2, 0.25) is 0 Å². The van der Waals surface area contributed by atoms with Crippen LogP contribution in [0.5, 0.6) is 0 Å². The van der Waals surface area contributed by atoms with Crippen molar-refractivity contribution in [3.05, 3.63) is 34.6 Å². The van der Waals surface area contributed by atoms with Crippen LogP contribution in [-0.2, 0) is 5.54 Å². The van der Waals surface area contributed by atoms with Crippen molar-refractivity contribution in [2.75, 3.05) is 0 Å². The van der Waals surface area contributed by atoms with Crippen molar-refractivity contribution < 1.29 is 0 Å². The molecule has 0 radical (unpaired) electrons. The summed E-state index contributed by atoms with van der Waals surface area (Å²) in [5.41, 5.74) is -0.610. The Kier molecular flexibility index (Phi) is 3.16. The molecule has 1 aromatic carbocycles. The highest BCUT2D eigenvalue weighted by molar-refractivity contribution is 7.13. The molecule has 0 bridgehead atoms. The molecule has 19 heavy (non-hydrogen) atoms. The third-order valence-electron chi connectivity index (χ3n) is 4.02. The van der Waals surface area contributed by atoms with Gasteiger partial charge in [-0.2, -0.15) is 5.26 Å². The molecule has 98 valence electrons. The fourth-order valence-corrected chi connectivity index (χ4v) is 4.10. The van der Waals surface area contributed by atoms with Crippen molar-refractivity contribution in [3.8, 4) is 6.07 Å². The lowest BCUT2D eigenvalue weighted by Gasteiger charge is -2.24. The maximum absolute atomic E-state index is 12.5. The number of rotatable bonds is 1. The van der Waals surface area contributed by atoms with Gasteiger partial charge in [0.1, 0.15) is 5.54 Å². The van der Waals surface area contributed by atoms with Crippen LogP contribution in [0.1, 0.15) is 38.5 Å². The molecule has 0 amide bonds. The van der Waals surface area contributed by atoms with Crippen molar-refractivity contribution in [3.63, 3.8) is 0 Å². The Morgan fingerprint density at radius 2 is 1.84 bits per heavy atom. The highest BCUT2D eigenvalue weighted by Gasteiger charge is 2.35. The van der Waals surface area contributed by atoms with E-state index in [2.05, 4.69) is 6.07 Å². The van der Waals surface area contributed by atoms with E-state index in [0.29, 0.717) is 0 Å². The molecule has 0 saturated heterocycles. The Balaban J connectivity index is 2.19. The second kappa shape index (κ2) is 4.82. The Bertz CT molecular complexity index is 684. The normalized spacial score (nSPS) is 18.9. The summed E-state index contributed by atoms with van der Waals surface area (Å²) in [6.07, 6.45) is 6.01. The third-order valence-corrected chi connectivity index (χ3v) is 5.27. The van der Waals surface area contributed by atoms with Crippen molar-refractivity contribution >= 4 is 21.6 Å². The quantitative estimate of drug-likeness (QED) is 0.744. The maximum atomic E-state index is 12.5. The van der Waals surface area contributed by atoms with Gasteiger partial charge in [-0.3, -0.25) is 4.79 Å². The van der Waals surface area contributed by atoms with Crippen molar-refractivity contribution in [1.29, 1.82) is 5.26 Å². The molecule has 0 atom stereocenters. The van der Waals surface area contributed by atoms with E-state index in [-0.39, 0.29) is 5.56 Å². The lowest BCUT2D eigenvalue weighted by Crippen LogP contribution is -2.36. The predicted molar refractivity (Wildman–Crippen MR) is 77.4 cm³/mol. The zero-order chi connectivity index (χ0) is 13.3. The predicted octanol–water partition coefficient (Wildman–Crippen LogP) is 3.64. The molecule has 1 saturated carbocycles. The number of aromatic nitrogens is 1. The van der Waals surface area contributed by atoms with Gasteiger partial charge in [0.2, 0.25) is 0 Å². The molecular weight excluding hydrogens is 256 g/mol. The summed E-state index contributed by atoms with van der Waals surface area (Å²) >= 11 is 1.44. The molecule has 0 N–H and O–H groups in total. The van der Waals surface area contributed by atoms with Crippen LogP contribution in [0.3, 0.4) is 0 Å². The molecule has 1 heterocycles. The largest absolute Gasteiger partial charge is 0.270 e. The molecule has 0 spiro atoms. The van der Waals surface area contributed by atoms with Gasteiger partial charge in [0.15, 0.2) is 0 Å². The molecule has 3 rings (SSSR count). The van der Waals surface area contributed by atoms with Crippen LogP contribution in [-0.4, -0.2) is 3.96 Å². The number of fused-ring (bicyclic) bond motifs is 1. The van der Waals surface area contributed by atoms with Crippen LogP contribution in [0.4, 0.5) is 0 Å². The lowest BCUT2D eigenvalue weighted by molar-refractivity contribution is 0.351. The first-order valence-corrected chi connectivity index (χ1v) is 7.57. The van der Waals surface area contributed by atoms with Gasteiger partial charge in [0, 0.05) is 0 Å². The zero-order valence-corrected chi connectivity index (χ0v) is 11.6. The standard InChI is InChI=1S/C15H16N2OS/c16-11-15(9-5-1-2-6-10-15)17-14(18)12-7-3-4-8-13(12)19-17/h3-4,7-8H,1-2,5-6,9-10H2. The summed E-state index contributed by atoms with van der Waals surface area (Å²) in [6.45, 7) is 0. The number of hydrogen-bond donors (Lipinski definition) is 0. The number of nitriles is 1. The third kappa shape index (κ3) is 1.98. The summed E-state index contributed by atoms with van der Waals surface area (Å²) in [7, 11) is 0. The molecule has 1 aromatic heterocycles. The topological polar surface area (TPSA) is 45.8 Å². The molecule has 1 fully saturated rings. The van der Waals surface area contributed by atoms with Crippen LogP contribution >= 0.6 is 11.5 Å². The number of nitrogens with zero attached hydrogens (tertiary/aromatic N) is 2. The first-order chi connectivity index (χ1) is 9.27. The molecule has 2 aromatic rings. The van der Waals surface area contributed by atoms with E-state index in [1.54, 1.807) is 3.96 Å². The molecule has 0 unspecified atom stereocenters. The number of hydrogen-bond acceptors (Lipinski definition) is 3. The van der Waals surface area contributed by atoms with E-state index in [1.807, 2.05) is 24.3 Å². The average Bonchev–Trinajstić information content (AvgIpc) is 2.65. The molecule has 1 aliphatic carbocycles. The van der Waals surface area contributed by atoms with Crippen LogP contribution in [0, 0.1) is 11.3 Å². The van der Waals surface area contributed by atoms with Gasteiger partial charge >= 0.3 is 0 Å². The average molecular weight is 272 g/mol. The molecule has 3 nitrogen and oxygen atoms in total. The first kappa shape index (κ1) is 12.4.